The Morgan fingerprint density at radius 1 is 0.943 bits per heavy atom. The predicted molar refractivity (Wildman–Crippen MR) is 132 cm³/mol. The highest BCUT2D eigenvalue weighted by Gasteiger charge is 2.33. The monoisotopic (exact) mass is 496 g/mol. The van der Waals surface area contributed by atoms with Crippen molar-refractivity contribution in [3.63, 3.8) is 0 Å². The number of rotatable bonds is 5. The fraction of sp³-hybridized carbons (Fsp3) is 0.480. The summed E-state index contributed by atoms with van der Waals surface area (Å²) in [5.41, 5.74) is 1.57. The van der Waals surface area contributed by atoms with E-state index >= 15 is 0 Å². The van der Waals surface area contributed by atoms with Gasteiger partial charge in [0, 0.05) is 42.7 Å². The van der Waals surface area contributed by atoms with Gasteiger partial charge in [-0.1, -0.05) is 11.6 Å². The number of hydrogen-bond acceptors (Lipinski definition) is 7. The summed E-state index contributed by atoms with van der Waals surface area (Å²) in [6, 6.07) is 11.3. The molecular formula is C25H29ClN6O3. The lowest BCUT2D eigenvalue weighted by Gasteiger charge is -2.37. The van der Waals surface area contributed by atoms with Crippen LogP contribution in [-0.4, -0.2) is 69.4 Å². The normalized spacial score (nSPS) is 17.7. The van der Waals surface area contributed by atoms with E-state index in [2.05, 4.69) is 15.1 Å². The number of aromatic nitrogens is 4. The number of amides is 1. The van der Waals surface area contributed by atoms with Crippen LogP contribution in [0.5, 0.6) is 0 Å². The Labute approximate surface area is 209 Å². The van der Waals surface area contributed by atoms with E-state index in [4.69, 9.17) is 21.4 Å². The molecule has 35 heavy (non-hydrogen) atoms. The van der Waals surface area contributed by atoms with Gasteiger partial charge in [0.25, 0.3) is 0 Å². The molecule has 0 bridgehead atoms. The Kier molecular flexibility index (Phi) is 6.86. The predicted octanol–water partition coefficient (Wildman–Crippen LogP) is 3.46. The lowest BCUT2D eigenvalue weighted by Crippen LogP contribution is -2.46. The van der Waals surface area contributed by atoms with Crippen molar-refractivity contribution in [2.24, 2.45) is 11.8 Å². The Morgan fingerprint density at radius 3 is 2.31 bits per heavy atom. The molecule has 184 valence electrons. The van der Waals surface area contributed by atoms with Gasteiger partial charge in [-0.2, -0.15) is 4.52 Å². The summed E-state index contributed by atoms with van der Waals surface area (Å²) in [6.45, 7) is 4.99. The van der Waals surface area contributed by atoms with Gasteiger partial charge in [0.1, 0.15) is 5.82 Å². The topological polar surface area (TPSA) is 92.9 Å². The zero-order chi connectivity index (χ0) is 24.4. The highest BCUT2D eigenvalue weighted by Crippen LogP contribution is 2.27. The minimum Gasteiger partial charge on any atom is -0.466 e. The largest absolute Gasteiger partial charge is 0.466 e. The Bertz CT molecular complexity index is 1200. The van der Waals surface area contributed by atoms with E-state index in [1.165, 1.54) is 0 Å². The number of benzene rings is 1. The van der Waals surface area contributed by atoms with Gasteiger partial charge in [0.15, 0.2) is 11.5 Å². The number of hydrogen-bond donors (Lipinski definition) is 0. The second-order valence-electron chi connectivity index (χ2n) is 9.10. The molecule has 10 heteroatoms. The summed E-state index contributed by atoms with van der Waals surface area (Å²) in [7, 11) is 0. The highest BCUT2D eigenvalue weighted by atomic mass is 35.5. The number of fused-ring (bicyclic) bond motifs is 1. The van der Waals surface area contributed by atoms with Gasteiger partial charge in [-0.25, -0.2) is 0 Å². The first kappa shape index (κ1) is 23.5. The van der Waals surface area contributed by atoms with Crippen molar-refractivity contribution >= 4 is 34.9 Å². The van der Waals surface area contributed by atoms with Gasteiger partial charge in [-0.15, -0.1) is 15.3 Å². The molecule has 5 rings (SSSR count). The fourth-order valence-corrected chi connectivity index (χ4v) is 5.06. The Hall–Kier alpha value is -3.20. The summed E-state index contributed by atoms with van der Waals surface area (Å²) in [5, 5.41) is 14.0. The molecule has 1 aromatic carbocycles. The number of carbonyl (C=O) groups excluding carboxylic acids is 2. The van der Waals surface area contributed by atoms with Crippen LogP contribution < -0.4 is 4.90 Å². The van der Waals surface area contributed by atoms with Gasteiger partial charge in [-0.3, -0.25) is 9.59 Å². The number of anilines is 1. The molecule has 4 heterocycles. The van der Waals surface area contributed by atoms with Crippen LogP contribution in [0.3, 0.4) is 0 Å². The number of halogens is 1. The molecule has 9 nitrogen and oxygen atoms in total. The Morgan fingerprint density at radius 2 is 1.63 bits per heavy atom. The molecule has 2 aliphatic heterocycles. The molecule has 0 saturated carbocycles. The molecule has 0 unspecified atom stereocenters. The SMILES string of the molecule is CCOC(=O)C1CCN(C(=O)C2CCN(c3ccc4nnc(-c5ccc(Cl)cc5)n4n3)CC2)CC1. The quantitative estimate of drug-likeness (QED) is 0.499. The van der Waals surface area contributed by atoms with Crippen molar-refractivity contribution in [3.8, 4) is 11.4 Å². The zero-order valence-corrected chi connectivity index (χ0v) is 20.5. The van der Waals surface area contributed by atoms with Crippen molar-refractivity contribution in [1.29, 1.82) is 0 Å². The number of piperidine rings is 2. The van der Waals surface area contributed by atoms with E-state index in [0.29, 0.717) is 49.0 Å². The number of ether oxygens (including phenoxy) is 1. The first-order valence-electron chi connectivity index (χ1n) is 12.2. The zero-order valence-electron chi connectivity index (χ0n) is 19.8. The third-order valence-electron chi connectivity index (χ3n) is 6.95. The van der Waals surface area contributed by atoms with Gasteiger partial charge in [0.2, 0.25) is 5.91 Å². The van der Waals surface area contributed by atoms with E-state index in [-0.39, 0.29) is 23.7 Å². The van der Waals surface area contributed by atoms with E-state index < -0.39 is 0 Å². The van der Waals surface area contributed by atoms with Crippen LogP contribution in [-0.2, 0) is 14.3 Å². The minimum absolute atomic E-state index is 0.00802. The molecule has 2 aliphatic rings. The summed E-state index contributed by atoms with van der Waals surface area (Å²) < 4.78 is 6.89. The molecule has 1 amide bonds. The number of carbonyl (C=O) groups is 2. The maximum Gasteiger partial charge on any atom is 0.309 e. The maximum absolute atomic E-state index is 13.1. The van der Waals surface area contributed by atoms with Crippen LogP contribution in [0.4, 0.5) is 5.82 Å². The summed E-state index contributed by atoms with van der Waals surface area (Å²) in [4.78, 5) is 29.2. The first-order chi connectivity index (χ1) is 17.0. The molecule has 0 atom stereocenters. The first-order valence-corrected chi connectivity index (χ1v) is 12.6. The lowest BCUT2D eigenvalue weighted by atomic mass is 9.92. The smallest absolute Gasteiger partial charge is 0.309 e. The average Bonchev–Trinajstić information content (AvgIpc) is 3.32. The Balaban J connectivity index is 1.21. The number of likely N-dealkylation sites (tertiary alicyclic amines) is 1. The van der Waals surface area contributed by atoms with Crippen LogP contribution in [0.15, 0.2) is 36.4 Å². The van der Waals surface area contributed by atoms with Crippen molar-refractivity contribution in [2.75, 3.05) is 37.7 Å². The summed E-state index contributed by atoms with van der Waals surface area (Å²) >= 11 is 6.02. The van der Waals surface area contributed by atoms with Crippen molar-refractivity contribution in [2.45, 2.75) is 32.6 Å². The lowest BCUT2D eigenvalue weighted by molar-refractivity contribution is -0.151. The molecule has 0 N–H and O–H groups in total. The molecule has 0 spiro atoms. The molecule has 3 aromatic rings. The average molecular weight is 497 g/mol. The minimum atomic E-state index is -0.135. The summed E-state index contributed by atoms with van der Waals surface area (Å²) in [6.07, 6.45) is 2.93. The third-order valence-corrected chi connectivity index (χ3v) is 7.20. The maximum atomic E-state index is 13.1. The van der Waals surface area contributed by atoms with Gasteiger partial charge in [-0.05, 0) is 69.0 Å². The van der Waals surface area contributed by atoms with E-state index in [0.717, 1.165) is 37.3 Å². The van der Waals surface area contributed by atoms with Crippen LogP contribution in [0.1, 0.15) is 32.6 Å². The molecular weight excluding hydrogens is 468 g/mol. The second-order valence-corrected chi connectivity index (χ2v) is 9.54. The van der Waals surface area contributed by atoms with E-state index in [9.17, 15) is 9.59 Å². The van der Waals surface area contributed by atoms with Crippen molar-refractivity contribution in [3.05, 3.63) is 41.4 Å². The van der Waals surface area contributed by atoms with Gasteiger partial charge >= 0.3 is 5.97 Å². The van der Waals surface area contributed by atoms with Gasteiger partial charge < -0.3 is 14.5 Å². The fourth-order valence-electron chi connectivity index (χ4n) is 4.94. The number of esters is 1. The number of nitrogens with zero attached hydrogens (tertiary/aromatic N) is 6. The molecule has 2 aromatic heterocycles. The third kappa shape index (κ3) is 4.96. The molecule has 2 saturated heterocycles. The second kappa shape index (κ2) is 10.2. The van der Waals surface area contributed by atoms with Crippen LogP contribution in [0.2, 0.25) is 5.02 Å². The van der Waals surface area contributed by atoms with E-state index in [1.54, 1.807) is 4.52 Å². The van der Waals surface area contributed by atoms with Crippen molar-refractivity contribution in [1.82, 2.24) is 24.7 Å². The highest BCUT2D eigenvalue weighted by molar-refractivity contribution is 6.30. The molecule has 0 aliphatic carbocycles. The standard InChI is InChI=1S/C25H29ClN6O3/c1-2-35-25(34)19-11-15-31(16-12-19)24(33)18-9-13-30(14-10-18)22-8-7-21-27-28-23(32(21)29-22)17-3-5-20(26)6-4-17/h3-8,18-19H,2,9-16H2,1H3. The van der Waals surface area contributed by atoms with E-state index in [1.807, 2.05) is 48.2 Å². The van der Waals surface area contributed by atoms with Crippen molar-refractivity contribution < 1.29 is 14.3 Å². The van der Waals surface area contributed by atoms with Crippen LogP contribution >= 0.6 is 11.6 Å². The van der Waals surface area contributed by atoms with Crippen LogP contribution in [0.25, 0.3) is 17.0 Å². The van der Waals surface area contributed by atoms with Gasteiger partial charge in [0.05, 0.1) is 12.5 Å². The van der Waals surface area contributed by atoms with Crippen LogP contribution in [0, 0.1) is 11.8 Å². The summed E-state index contributed by atoms with van der Waals surface area (Å²) in [5.74, 6) is 1.50. The molecule has 0 radical (unpaired) electrons. The molecule has 2 fully saturated rings.